The molecule has 0 N–H and O–H groups in total. The normalized spacial score (nSPS) is 16.2. The van der Waals surface area contributed by atoms with Crippen LogP contribution in [-0.2, 0) is 9.53 Å². The predicted octanol–water partition coefficient (Wildman–Crippen LogP) is 3.73. The summed E-state index contributed by atoms with van der Waals surface area (Å²) < 4.78 is 12.3. The van der Waals surface area contributed by atoms with Gasteiger partial charge in [-0.1, -0.05) is 11.2 Å². The Labute approximate surface area is 189 Å². The van der Waals surface area contributed by atoms with Crippen molar-refractivity contribution in [2.45, 2.75) is 33.6 Å². The van der Waals surface area contributed by atoms with Crippen LogP contribution in [0.25, 0.3) is 5.82 Å². The number of hydrogen-bond acceptors (Lipinski definition) is 7. The molecule has 0 spiro atoms. The van der Waals surface area contributed by atoms with Crippen molar-refractivity contribution in [2.24, 2.45) is 5.92 Å². The molecule has 3 aromatic heterocycles. The van der Waals surface area contributed by atoms with Gasteiger partial charge in [-0.15, -0.1) is 11.3 Å². The van der Waals surface area contributed by atoms with Crippen molar-refractivity contribution in [2.75, 3.05) is 19.7 Å². The highest BCUT2D eigenvalue weighted by molar-refractivity contribution is 7.12. The van der Waals surface area contributed by atoms with E-state index in [1.54, 1.807) is 30.0 Å². The molecule has 1 amide bonds. The predicted molar refractivity (Wildman–Crippen MR) is 118 cm³/mol. The molecule has 4 heterocycles. The van der Waals surface area contributed by atoms with E-state index in [9.17, 15) is 14.4 Å². The second kappa shape index (κ2) is 9.12. The van der Waals surface area contributed by atoms with Crippen LogP contribution in [0.5, 0.6) is 0 Å². The number of aromatic nitrogens is 2. The van der Waals surface area contributed by atoms with Gasteiger partial charge in [0.05, 0.1) is 10.8 Å². The Morgan fingerprint density at radius 2 is 2.06 bits per heavy atom. The lowest BCUT2D eigenvalue weighted by molar-refractivity contribution is -0.148. The van der Waals surface area contributed by atoms with Gasteiger partial charge in [-0.2, -0.15) is 0 Å². The van der Waals surface area contributed by atoms with Crippen molar-refractivity contribution in [1.82, 2.24) is 14.6 Å². The van der Waals surface area contributed by atoms with Gasteiger partial charge < -0.3 is 14.2 Å². The minimum Gasteiger partial charge on any atom is -0.457 e. The molecule has 1 aliphatic rings. The summed E-state index contributed by atoms with van der Waals surface area (Å²) in [7, 11) is 0. The van der Waals surface area contributed by atoms with Gasteiger partial charge >= 0.3 is 5.97 Å². The SMILES string of the molecule is Cc1cc(-n2c(C)cc(C(=O)COC(=O)C3CCCN(C(=O)c4cccs4)C3)c2C)no1. The van der Waals surface area contributed by atoms with Gasteiger partial charge in [0.15, 0.2) is 12.4 Å². The third kappa shape index (κ3) is 4.38. The number of thiophene rings is 1. The molecule has 4 rings (SSSR count). The smallest absolute Gasteiger partial charge is 0.311 e. The Morgan fingerprint density at radius 1 is 1.25 bits per heavy atom. The summed E-state index contributed by atoms with van der Waals surface area (Å²) in [5.74, 6) is 0.0676. The lowest BCUT2D eigenvalue weighted by Crippen LogP contribution is -2.42. The molecule has 168 valence electrons. The molecule has 1 aliphatic heterocycles. The number of ketones is 1. The Morgan fingerprint density at radius 3 is 2.75 bits per heavy atom. The summed E-state index contributed by atoms with van der Waals surface area (Å²) in [6.07, 6.45) is 1.37. The topological polar surface area (TPSA) is 94.6 Å². The van der Waals surface area contributed by atoms with Gasteiger partial charge in [0.25, 0.3) is 5.91 Å². The standard InChI is InChI=1S/C23H25N3O5S/c1-14-10-18(16(3)26(14)21-11-15(2)31-24-21)19(27)13-30-23(29)17-6-4-8-25(12-17)22(28)20-7-5-9-32-20/h5,7,9-11,17H,4,6,8,12-13H2,1-3H3. The van der Waals surface area contributed by atoms with Crippen LogP contribution in [0, 0.1) is 26.7 Å². The number of Topliss-reactive ketones (excluding diaryl/α,β-unsaturated/α-hetero) is 1. The Kier molecular flexibility index (Phi) is 6.27. The molecule has 0 radical (unpaired) electrons. The molecule has 3 aromatic rings. The second-order valence-corrected chi connectivity index (χ2v) is 8.96. The summed E-state index contributed by atoms with van der Waals surface area (Å²) in [6.45, 7) is 6.09. The number of esters is 1. The number of piperidine rings is 1. The minimum absolute atomic E-state index is 0.0656. The van der Waals surface area contributed by atoms with Crippen LogP contribution < -0.4 is 0 Å². The van der Waals surface area contributed by atoms with E-state index in [2.05, 4.69) is 5.16 Å². The molecule has 9 heteroatoms. The number of aryl methyl sites for hydroxylation is 2. The molecule has 1 saturated heterocycles. The largest absolute Gasteiger partial charge is 0.457 e. The number of hydrogen-bond donors (Lipinski definition) is 0. The monoisotopic (exact) mass is 455 g/mol. The zero-order valence-corrected chi connectivity index (χ0v) is 19.1. The maximum atomic E-state index is 12.8. The molecule has 32 heavy (non-hydrogen) atoms. The summed E-state index contributed by atoms with van der Waals surface area (Å²) in [4.78, 5) is 40.4. The van der Waals surface area contributed by atoms with Gasteiger partial charge in [0.1, 0.15) is 5.76 Å². The van der Waals surface area contributed by atoms with E-state index in [4.69, 9.17) is 9.26 Å². The van der Waals surface area contributed by atoms with Gasteiger partial charge in [-0.3, -0.25) is 19.0 Å². The molecule has 0 aromatic carbocycles. The fourth-order valence-electron chi connectivity index (χ4n) is 4.10. The maximum Gasteiger partial charge on any atom is 0.311 e. The maximum absolute atomic E-state index is 12.8. The first kappa shape index (κ1) is 22.0. The highest BCUT2D eigenvalue weighted by Gasteiger charge is 2.31. The van der Waals surface area contributed by atoms with Crippen LogP contribution >= 0.6 is 11.3 Å². The van der Waals surface area contributed by atoms with E-state index < -0.39 is 11.9 Å². The number of ether oxygens (including phenoxy) is 1. The van der Waals surface area contributed by atoms with E-state index in [1.807, 2.05) is 29.9 Å². The number of amides is 1. The fourth-order valence-corrected chi connectivity index (χ4v) is 4.79. The zero-order chi connectivity index (χ0) is 22.8. The van der Waals surface area contributed by atoms with Gasteiger partial charge in [0, 0.05) is 36.1 Å². The fraction of sp³-hybridized carbons (Fsp3) is 0.391. The summed E-state index contributed by atoms with van der Waals surface area (Å²) in [6, 6.07) is 7.17. The van der Waals surface area contributed by atoms with Crippen LogP contribution in [-0.4, -0.2) is 52.0 Å². The molecule has 1 unspecified atom stereocenters. The second-order valence-electron chi connectivity index (χ2n) is 8.01. The Bertz CT molecular complexity index is 1140. The van der Waals surface area contributed by atoms with Crippen LogP contribution in [0.1, 0.15) is 50.0 Å². The van der Waals surface area contributed by atoms with Crippen LogP contribution in [0.3, 0.4) is 0 Å². The quantitative estimate of drug-likeness (QED) is 0.415. The molecule has 0 saturated carbocycles. The van der Waals surface area contributed by atoms with E-state index >= 15 is 0 Å². The first-order valence-electron chi connectivity index (χ1n) is 10.5. The lowest BCUT2D eigenvalue weighted by atomic mass is 9.98. The molecule has 0 aliphatic carbocycles. The highest BCUT2D eigenvalue weighted by atomic mass is 32.1. The zero-order valence-electron chi connectivity index (χ0n) is 18.3. The summed E-state index contributed by atoms with van der Waals surface area (Å²) in [5.41, 5.74) is 2.02. The molecule has 8 nitrogen and oxygen atoms in total. The first-order valence-corrected chi connectivity index (χ1v) is 11.4. The summed E-state index contributed by atoms with van der Waals surface area (Å²) in [5, 5.41) is 5.87. The van der Waals surface area contributed by atoms with E-state index in [-0.39, 0.29) is 18.3 Å². The Balaban J connectivity index is 1.38. The van der Waals surface area contributed by atoms with E-state index in [0.29, 0.717) is 47.2 Å². The number of likely N-dealkylation sites (tertiary alicyclic amines) is 1. The summed E-state index contributed by atoms with van der Waals surface area (Å²) >= 11 is 1.39. The van der Waals surface area contributed by atoms with Gasteiger partial charge in [0.2, 0.25) is 5.78 Å². The average Bonchev–Trinajstić information content (AvgIpc) is 3.52. The van der Waals surface area contributed by atoms with Gasteiger partial charge in [-0.05, 0) is 51.1 Å². The molecule has 1 fully saturated rings. The Hall–Kier alpha value is -3.20. The van der Waals surface area contributed by atoms with E-state index in [1.165, 1.54) is 11.3 Å². The lowest BCUT2D eigenvalue weighted by Gasteiger charge is -2.31. The minimum atomic E-state index is -0.442. The molecular weight excluding hydrogens is 430 g/mol. The van der Waals surface area contributed by atoms with Crippen molar-refractivity contribution in [3.05, 3.63) is 57.2 Å². The van der Waals surface area contributed by atoms with Crippen molar-refractivity contribution in [3.63, 3.8) is 0 Å². The first-order chi connectivity index (χ1) is 15.3. The van der Waals surface area contributed by atoms with Crippen LogP contribution in [0.2, 0.25) is 0 Å². The third-order valence-electron chi connectivity index (χ3n) is 5.70. The van der Waals surface area contributed by atoms with Crippen molar-refractivity contribution >= 4 is 29.0 Å². The third-order valence-corrected chi connectivity index (χ3v) is 6.55. The molecule has 0 bridgehead atoms. The van der Waals surface area contributed by atoms with Crippen molar-refractivity contribution < 1.29 is 23.6 Å². The average molecular weight is 456 g/mol. The van der Waals surface area contributed by atoms with Crippen LogP contribution in [0.4, 0.5) is 0 Å². The van der Waals surface area contributed by atoms with E-state index in [0.717, 1.165) is 12.1 Å². The molecular formula is C23H25N3O5S. The number of nitrogens with zero attached hydrogens (tertiary/aromatic N) is 3. The van der Waals surface area contributed by atoms with Gasteiger partial charge in [-0.25, -0.2) is 0 Å². The number of rotatable bonds is 6. The molecule has 1 atom stereocenters. The number of carbonyl (C=O) groups excluding carboxylic acids is 3. The van der Waals surface area contributed by atoms with Crippen molar-refractivity contribution in [1.29, 1.82) is 0 Å². The van der Waals surface area contributed by atoms with Crippen LogP contribution in [0.15, 0.2) is 34.2 Å². The number of carbonyl (C=O) groups is 3. The van der Waals surface area contributed by atoms with Crippen molar-refractivity contribution in [3.8, 4) is 5.82 Å². The highest BCUT2D eigenvalue weighted by Crippen LogP contribution is 2.23.